The minimum atomic E-state index is -3.34. The molecule has 23 heavy (non-hydrogen) atoms. The average molecular weight is 331 g/mol. The molecule has 0 spiro atoms. The summed E-state index contributed by atoms with van der Waals surface area (Å²) in [5.41, 5.74) is 3.24. The van der Waals surface area contributed by atoms with Crippen molar-refractivity contribution in [3.63, 3.8) is 0 Å². The number of hydrogen-bond donors (Lipinski definition) is 0. The first-order valence-electron chi connectivity index (χ1n) is 7.71. The molecule has 122 valence electrons. The fraction of sp³-hybridized carbons (Fsp3) is 0.333. The van der Waals surface area contributed by atoms with E-state index in [2.05, 4.69) is 12.1 Å². The standard InChI is InChI=1S/C18H21NO3S/c1-19(23(20,21)14-15-7-3-2-4-8-15)12-18-11-16-9-5-6-10-17(16)13-22-18/h2-10,18H,11-14H2,1H3. The molecule has 0 radical (unpaired) electrons. The van der Waals surface area contributed by atoms with Crippen LogP contribution >= 0.6 is 0 Å². The fourth-order valence-electron chi connectivity index (χ4n) is 2.82. The quantitative estimate of drug-likeness (QED) is 0.846. The van der Waals surface area contributed by atoms with Crippen LogP contribution in [0.3, 0.4) is 0 Å². The minimum absolute atomic E-state index is 0.0215. The van der Waals surface area contributed by atoms with Gasteiger partial charge >= 0.3 is 0 Å². The lowest BCUT2D eigenvalue weighted by Crippen LogP contribution is -2.38. The Balaban J connectivity index is 1.64. The van der Waals surface area contributed by atoms with Gasteiger partial charge in [0.2, 0.25) is 10.0 Å². The number of fused-ring (bicyclic) bond motifs is 1. The van der Waals surface area contributed by atoms with Crippen LogP contribution in [0.4, 0.5) is 0 Å². The summed E-state index contributed by atoms with van der Waals surface area (Å²) in [6, 6.07) is 17.4. The van der Waals surface area contributed by atoms with Crippen molar-refractivity contribution in [1.29, 1.82) is 0 Å². The average Bonchev–Trinajstić information content (AvgIpc) is 2.55. The number of likely N-dealkylation sites (N-methyl/N-ethyl adjacent to an activating group) is 1. The Morgan fingerprint density at radius 3 is 2.43 bits per heavy atom. The number of hydrogen-bond acceptors (Lipinski definition) is 3. The molecule has 0 amide bonds. The first-order valence-corrected chi connectivity index (χ1v) is 9.32. The van der Waals surface area contributed by atoms with Gasteiger partial charge in [-0.15, -0.1) is 0 Å². The zero-order valence-electron chi connectivity index (χ0n) is 13.2. The van der Waals surface area contributed by atoms with Gasteiger partial charge in [0, 0.05) is 20.0 Å². The first-order chi connectivity index (χ1) is 11.0. The molecule has 1 aliphatic heterocycles. The Morgan fingerprint density at radius 2 is 1.70 bits per heavy atom. The smallest absolute Gasteiger partial charge is 0.218 e. The fourth-order valence-corrected chi connectivity index (χ4v) is 4.05. The number of nitrogens with zero attached hydrogens (tertiary/aromatic N) is 1. The number of ether oxygens (including phenoxy) is 1. The van der Waals surface area contributed by atoms with Gasteiger partial charge in [0.1, 0.15) is 0 Å². The highest BCUT2D eigenvalue weighted by Gasteiger charge is 2.25. The molecule has 0 aromatic heterocycles. The molecule has 2 aromatic rings. The molecule has 5 heteroatoms. The SMILES string of the molecule is CN(CC1Cc2ccccc2CO1)S(=O)(=O)Cc1ccccc1. The highest BCUT2D eigenvalue weighted by Crippen LogP contribution is 2.21. The van der Waals surface area contributed by atoms with E-state index in [-0.39, 0.29) is 11.9 Å². The van der Waals surface area contributed by atoms with Gasteiger partial charge in [-0.1, -0.05) is 54.6 Å². The van der Waals surface area contributed by atoms with Gasteiger partial charge < -0.3 is 4.74 Å². The summed E-state index contributed by atoms with van der Waals surface area (Å²) in [6.45, 7) is 0.927. The first kappa shape index (κ1) is 16.2. The van der Waals surface area contributed by atoms with Crippen LogP contribution < -0.4 is 0 Å². The second-order valence-corrected chi connectivity index (χ2v) is 8.00. The topological polar surface area (TPSA) is 46.6 Å². The summed E-state index contributed by atoms with van der Waals surface area (Å²) in [6.07, 6.45) is 0.655. The third-order valence-electron chi connectivity index (χ3n) is 4.17. The minimum Gasteiger partial charge on any atom is -0.372 e. The molecule has 1 heterocycles. The van der Waals surface area contributed by atoms with Crippen molar-refractivity contribution in [2.24, 2.45) is 0 Å². The molecule has 1 aliphatic rings. The summed E-state index contributed by atoms with van der Waals surface area (Å²) in [5, 5.41) is 0. The van der Waals surface area contributed by atoms with Crippen molar-refractivity contribution in [2.45, 2.75) is 24.9 Å². The van der Waals surface area contributed by atoms with Crippen LogP contribution in [0.1, 0.15) is 16.7 Å². The molecule has 3 rings (SSSR count). The van der Waals surface area contributed by atoms with E-state index in [1.54, 1.807) is 7.05 Å². The zero-order chi connectivity index (χ0) is 16.3. The van der Waals surface area contributed by atoms with E-state index in [4.69, 9.17) is 4.74 Å². The van der Waals surface area contributed by atoms with Gasteiger partial charge in [0.25, 0.3) is 0 Å². The highest BCUT2D eigenvalue weighted by atomic mass is 32.2. The van der Waals surface area contributed by atoms with Crippen molar-refractivity contribution in [2.75, 3.05) is 13.6 Å². The van der Waals surface area contributed by atoms with Crippen LogP contribution in [-0.2, 0) is 33.5 Å². The van der Waals surface area contributed by atoms with Crippen LogP contribution in [0.2, 0.25) is 0 Å². The van der Waals surface area contributed by atoms with Crippen molar-refractivity contribution in [1.82, 2.24) is 4.31 Å². The molecule has 1 unspecified atom stereocenters. The zero-order valence-corrected chi connectivity index (χ0v) is 14.0. The lowest BCUT2D eigenvalue weighted by Gasteiger charge is -2.28. The summed E-state index contributed by atoms with van der Waals surface area (Å²) in [4.78, 5) is 0. The second-order valence-electron chi connectivity index (χ2n) is 5.93. The van der Waals surface area contributed by atoms with Crippen molar-refractivity contribution in [3.8, 4) is 0 Å². The van der Waals surface area contributed by atoms with Crippen LogP contribution in [-0.4, -0.2) is 32.4 Å². The summed E-state index contributed by atoms with van der Waals surface area (Å²) < 4.78 is 32.2. The Kier molecular flexibility index (Phi) is 4.80. The van der Waals surface area contributed by atoms with Gasteiger partial charge in [0.15, 0.2) is 0 Å². The number of rotatable bonds is 5. The molecule has 0 aliphatic carbocycles. The normalized spacial score (nSPS) is 17.9. The maximum absolute atomic E-state index is 12.5. The van der Waals surface area contributed by atoms with E-state index in [0.29, 0.717) is 13.2 Å². The maximum Gasteiger partial charge on any atom is 0.218 e. The maximum atomic E-state index is 12.5. The van der Waals surface area contributed by atoms with Gasteiger partial charge in [-0.2, -0.15) is 0 Å². The van der Waals surface area contributed by atoms with Gasteiger partial charge in [-0.25, -0.2) is 12.7 Å². The second kappa shape index (κ2) is 6.83. The Labute approximate surface area is 137 Å². The molecule has 4 nitrogen and oxygen atoms in total. The predicted octanol–water partition coefficient (Wildman–Crippen LogP) is 2.59. The molecule has 0 N–H and O–H groups in total. The Morgan fingerprint density at radius 1 is 1.04 bits per heavy atom. The van der Waals surface area contributed by atoms with E-state index in [1.807, 2.05) is 42.5 Å². The van der Waals surface area contributed by atoms with E-state index in [1.165, 1.54) is 15.4 Å². The summed E-state index contributed by atoms with van der Waals surface area (Å²) in [7, 11) is -1.71. The van der Waals surface area contributed by atoms with Crippen molar-refractivity contribution < 1.29 is 13.2 Å². The largest absolute Gasteiger partial charge is 0.372 e. The third-order valence-corrected chi connectivity index (χ3v) is 5.96. The monoisotopic (exact) mass is 331 g/mol. The summed E-state index contributed by atoms with van der Waals surface area (Å²) >= 11 is 0. The third kappa shape index (κ3) is 3.99. The Hall–Kier alpha value is -1.69. The van der Waals surface area contributed by atoms with Gasteiger partial charge in [0.05, 0.1) is 18.5 Å². The molecular weight excluding hydrogens is 310 g/mol. The van der Waals surface area contributed by atoms with Crippen LogP contribution in [0.5, 0.6) is 0 Å². The van der Waals surface area contributed by atoms with Gasteiger partial charge in [-0.3, -0.25) is 0 Å². The molecule has 0 saturated heterocycles. The van der Waals surface area contributed by atoms with Crippen molar-refractivity contribution >= 4 is 10.0 Å². The van der Waals surface area contributed by atoms with Crippen LogP contribution in [0.15, 0.2) is 54.6 Å². The number of benzene rings is 2. The molecule has 0 bridgehead atoms. The van der Waals surface area contributed by atoms with E-state index in [9.17, 15) is 8.42 Å². The molecule has 0 saturated carbocycles. The van der Waals surface area contributed by atoms with E-state index >= 15 is 0 Å². The molecule has 0 fully saturated rings. The van der Waals surface area contributed by atoms with Crippen molar-refractivity contribution in [3.05, 3.63) is 71.3 Å². The molecule has 2 aromatic carbocycles. The van der Waals surface area contributed by atoms with E-state index in [0.717, 1.165) is 12.0 Å². The lowest BCUT2D eigenvalue weighted by molar-refractivity contribution is 0.0202. The van der Waals surface area contributed by atoms with Gasteiger partial charge in [-0.05, 0) is 16.7 Å². The highest BCUT2D eigenvalue weighted by molar-refractivity contribution is 7.88. The predicted molar refractivity (Wildman–Crippen MR) is 90.4 cm³/mol. The lowest BCUT2D eigenvalue weighted by atomic mass is 9.99. The molecular formula is C18H21NO3S. The van der Waals surface area contributed by atoms with Crippen LogP contribution in [0, 0.1) is 0 Å². The number of sulfonamides is 1. The van der Waals surface area contributed by atoms with Crippen LogP contribution in [0.25, 0.3) is 0 Å². The molecule has 1 atom stereocenters. The Bertz CT molecular complexity index is 759. The summed E-state index contributed by atoms with van der Waals surface area (Å²) in [5.74, 6) is 0.0215. The van der Waals surface area contributed by atoms with E-state index < -0.39 is 10.0 Å².